The van der Waals surface area contributed by atoms with Gasteiger partial charge in [0.25, 0.3) is 5.91 Å². The fraction of sp³-hybridized carbons (Fsp3) is 0.316. The highest BCUT2D eigenvalue weighted by atomic mass is 35.5. The van der Waals surface area contributed by atoms with Crippen LogP contribution in [0.1, 0.15) is 36.4 Å². The Morgan fingerprint density at radius 2 is 1.70 bits per heavy atom. The summed E-state index contributed by atoms with van der Waals surface area (Å²) in [7, 11) is 0. The summed E-state index contributed by atoms with van der Waals surface area (Å²) in [6.45, 7) is 3.77. The number of halogens is 1. The third-order valence-electron chi connectivity index (χ3n) is 4.96. The molecule has 2 amide bonds. The van der Waals surface area contributed by atoms with Crippen molar-refractivity contribution in [1.82, 2.24) is 10.9 Å². The molecule has 0 spiro atoms. The Morgan fingerprint density at radius 3 is 2.33 bits per heavy atom. The molecule has 3 N–H and O–H groups in total. The van der Waals surface area contributed by atoms with E-state index in [4.69, 9.17) is 11.6 Å². The molecule has 0 fully saturated rings. The second-order valence-corrected chi connectivity index (χ2v) is 8.13. The summed E-state index contributed by atoms with van der Waals surface area (Å²) < 4.78 is 0.869. The molecule has 1 aromatic carbocycles. The second-order valence-electron chi connectivity index (χ2n) is 6.70. The van der Waals surface area contributed by atoms with Crippen molar-refractivity contribution in [2.45, 2.75) is 26.7 Å². The number of allylic oxidation sites excluding steroid dienone is 2. The molecule has 2 aromatic rings. The molecule has 1 aliphatic carbocycles. The Kier molecular flexibility index (Phi) is 5.53. The average molecular weight is 407 g/mol. The lowest BCUT2D eigenvalue weighted by molar-refractivity contribution is -0.147. The molecular weight excluding hydrogens is 388 g/mol. The number of hydrogen-bond donors (Lipinski definition) is 3. The Labute approximate surface area is 165 Å². The number of carboxylic acids is 1. The monoisotopic (exact) mass is 406 g/mol. The summed E-state index contributed by atoms with van der Waals surface area (Å²) in [4.78, 5) is 36.8. The van der Waals surface area contributed by atoms with Gasteiger partial charge in [0.2, 0.25) is 5.91 Å². The molecule has 1 heterocycles. The van der Waals surface area contributed by atoms with Crippen molar-refractivity contribution in [1.29, 1.82) is 0 Å². The number of amides is 2. The quantitative estimate of drug-likeness (QED) is 0.534. The maximum Gasteiger partial charge on any atom is 0.307 e. The predicted molar refractivity (Wildman–Crippen MR) is 105 cm³/mol. The van der Waals surface area contributed by atoms with Crippen molar-refractivity contribution < 1.29 is 19.5 Å². The van der Waals surface area contributed by atoms with E-state index >= 15 is 0 Å². The fourth-order valence-electron chi connectivity index (χ4n) is 3.26. The Hall–Kier alpha value is -2.38. The van der Waals surface area contributed by atoms with Gasteiger partial charge in [-0.1, -0.05) is 40.9 Å². The molecule has 2 atom stereocenters. The highest BCUT2D eigenvalue weighted by Gasteiger charge is 2.37. The number of rotatable bonds is 3. The molecule has 1 aliphatic rings. The zero-order chi connectivity index (χ0) is 19.7. The minimum absolute atomic E-state index is 0.295. The first-order valence-corrected chi connectivity index (χ1v) is 9.64. The van der Waals surface area contributed by atoms with Gasteiger partial charge in [-0.3, -0.25) is 25.2 Å². The number of aliphatic carboxylic acids is 1. The molecule has 6 nitrogen and oxygen atoms in total. The topological polar surface area (TPSA) is 95.5 Å². The summed E-state index contributed by atoms with van der Waals surface area (Å²) >= 11 is 7.50. The van der Waals surface area contributed by atoms with E-state index in [0.29, 0.717) is 22.7 Å². The third-order valence-corrected chi connectivity index (χ3v) is 6.63. The van der Waals surface area contributed by atoms with Crippen LogP contribution in [-0.2, 0) is 9.59 Å². The Balaban J connectivity index is 1.71. The number of carboxylic acid groups (broad SMARTS) is 1. The van der Waals surface area contributed by atoms with E-state index in [1.54, 1.807) is 0 Å². The summed E-state index contributed by atoms with van der Waals surface area (Å²) in [6, 6.07) is 7.36. The van der Waals surface area contributed by atoms with E-state index in [1.807, 2.05) is 38.1 Å². The van der Waals surface area contributed by atoms with Gasteiger partial charge in [0, 0.05) is 10.1 Å². The third kappa shape index (κ3) is 3.84. The Bertz CT molecular complexity index is 966. The van der Waals surface area contributed by atoms with Gasteiger partial charge in [-0.05, 0) is 32.8 Å². The average Bonchev–Trinajstić information content (AvgIpc) is 2.98. The van der Waals surface area contributed by atoms with Crippen LogP contribution in [0, 0.1) is 11.8 Å². The van der Waals surface area contributed by atoms with Crippen LogP contribution in [-0.4, -0.2) is 22.9 Å². The van der Waals surface area contributed by atoms with E-state index in [2.05, 4.69) is 10.9 Å². The molecule has 142 valence electrons. The highest BCUT2D eigenvalue weighted by molar-refractivity contribution is 7.21. The van der Waals surface area contributed by atoms with Crippen LogP contribution >= 0.6 is 22.9 Å². The van der Waals surface area contributed by atoms with Gasteiger partial charge in [-0.2, -0.15) is 0 Å². The van der Waals surface area contributed by atoms with Gasteiger partial charge in [-0.15, -0.1) is 11.3 Å². The summed E-state index contributed by atoms with van der Waals surface area (Å²) in [5.41, 5.74) is 6.73. The lowest BCUT2D eigenvalue weighted by Crippen LogP contribution is -2.47. The van der Waals surface area contributed by atoms with Crippen LogP contribution in [0.25, 0.3) is 10.1 Å². The van der Waals surface area contributed by atoms with E-state index < -0.39 is 29.6 Å². The van der Waals surface area contributed by atoms with Crippen molar-refractivity contribution in [2.24, 2.45) is 11.8 Å². The normalized spacial score (nSPS) is 19.8. The molecule has 27 heavy (non-hydrogen) atoms. The largest absolute Gasteiger partial charge is 0.481 e. The maximum atomic E-state index is 12.5. The molecule has 0 saturated heterocycles. The van der Waals surface area contributed by atoms with Gasteiger partial charge in [0.05, 0.1) is 16.9 Å². The van der Waals surface area contributed by atoms with E-state index in [9.17, 15) is 19.5 Å². The van der Waals surface area contributed by atoms with Crippen molar-refractivity contribution >= 4 is 50.8 Å². The first-order chi connectivity index (χ1) is 12.8. The second kappa shape index (κ2) is 7.70. The first kappa shape index (κ1) is 19.4. The van der Waals surface area contributed by atoms with Gasteiger partial charge in [0.1, 0.15) is 4.88 Å². The number of hydrogen-bond acceptors (Lipinski definition) is 4. The number of thiophene rings is 1. The van der Waals surface area contributed by atoms with Crippen molar-refractivity contribution in [3.8, 4) is 0 Å². The SMILES string of the molecule is CC1=C(C)CC(C(=O)NNC(=O)c2sc3ccccc3c2Cl)C(C(=O)O)C1. The van der Waals surface area contributed by atoms with Crippen LogP contribution in [0.2, 0.25) is 5.02 Å². The molecule has 0 aliphatic heterocycles. The zero-order valence-electron chi connectivity index (χ0n) is 14.8. The van der Waals surface area contributed by atoms with Crippen LogP contribution in [0.5, 0.6) is 0 Å². The Morgan fingerprint density at radius 1 is 1.07 bits per heavy atom. The number of fused-ring (bicyclic) bond motifs is 1. The fourth-order valence-corrected chi connectivity index (χ4v) is 4.67. The number of benzene rings is 1. The van der Waals surface area contributed by atoms with Crippen LogP contribution in [0.15, 0.2) is 35.4 Å². The van der Waals surface area contributed by atoms with E-state index in [1.165, 1.54) is 11.3 Å². The number of carbonyl (C=O) groups excluding carboxylic acids is 2. The van der Waals surface area contributed by atoms with Gasteiger partial charge in [0.15, 0.2) is 0 Å². The van der Waals surface area contributed by atoms with E-state index in [0.717, 1.165) is 21.2 Å². The minimum atomic E-state index is -1.01. The molecule has 0 bridgehead atoms. The van der Waals surface area contributed by atoms with Crippen LogP contribution in [0.3, 0.4) is 0 Å². The summed E-state index contributed by atoms with van der Waals surface area (Å²) in [6.07, 6.45) is 0.684. The van der Waals surface area contributed by atoms with E-state index in [-0.39, 0.29) is 0 Å². The highest BCUT2D eigenvalue weighted by Crippen LogP contribution is 2.36. The molecular formula is C19H19ClN2O4S. The molecule has 2 unspecified atom stereocenters. The number of hydrazine groups is 1. The molecule has 8 heteroatoms. The summed E-state index contributed by atoms with van der Waals surface area (Å²) in [5.74, 6) is -3.59. The first-order valence-electron chi connectivity index (χ1n) is 8.44. The lowest BCUT2D eigenvalue weighted by atomic mass is 9.76. The van der Waals surface area contributed by atoms with Gasteiger partial charge in [-0.25, -0.2) is 0 Å². The number of nitrogens with one attached hydrogen (secondary N) is 2. The molecule has 0 saturated carbocycles. The molecule has 3 rings (SSSR count). The minimum Gasteiger partial charge on any atom is -0.481 e. The number of carbonyl (C=O) groups is 3. The zero-order valence-corrected chi connectivity index (χ0v) is 16.4. The maximum absolute atomic E-state index is 12.5. The smallest absolute Gasteiger partial charge is 0.307 e. The van der Waals surface area contributed by atoms with Gasteiger partial charge < -0.3 is 5.11 Å². The predicted octanol–water partition coefficient (Wildman–Crippen LogP) is 3.76. The lowest BCUT2D eigenvalue weighted by Gasteiger charge is -2.29. The van der Waals surface area contributed by atoms with Gasteiger partial charge >= 0.3 is 5.97 Å². The molecule has 1 aromatic heterocycles. The van der Waals surface area contributed by atoms with Crippen molar-refractivity contribution in [3.63, 3.8) is 0 Å². The van der Waals surface area contributed by atoms with Crippen LogP contribution < -0.4 is 10.9 Å². The molecule has 0 radical (unpaired) electrons. The van der Waals surface area contributed by atoms with Crippen LogP contribution in [0.4, 0.5) is 0 Å². The van der Waals surface area contributed by atoms with Crippen molar-refractivity contribution in [2.75, 3.05) is 0 Å². The summed E-state index contributed by atoms with van der Waals surface area (Å²) in [5, 5.41) is 10.5. The van der Waals surface area contributed by atoms with Crippen molar-refractivity contribution in [3.05, 3.63) is 45.3 Å². The standard InChI is InChI=1S/C19H19ClN2O4S/c1-9-7-12(13(19(25)26)8-10(9)2)17(23)21-22-18(24)16-15(20)11-5-3-4-6-14(11)27-16/h3-6,12-13H,7-8H2,1-2H3,(H,21,23)(H,22,24)(H,25,26).